The molecule has 0 radical (unpaired) electrons. The first kappa shape index (κ1) is 27.9. The van der Waals surface area contributed by atoms with Crippen molar-refractivity contribution < 1.29 is 27.5 Å². The number of anilines is 1. The van der Waals surface area contributed by atoms with E-state index in [1.165, 1.54) is 4.57 Å². The molecule has 1 atom stereocenters. The summed E-state index contributed by atoms with van der Waals surface area (Å²) in [6.45, 7) is 3.18. The van der Waals surface area contributed by atoms with Crippen molar-refractivity contribution >= 4 is 39.6 Å². The minimum absolute atomic E-state index is 0.113. The molecule has 7 rings (SSSR count). The van der Waals surface area contributed by atoms with E-state index in [2.05, 4.69) is 15.3 Å². The number of rotatable bonds is 6. The number of ether oxygens (including phenoxy) is 1. The minimum atomic E-state index is -2.83. The van der Waals surface area contributed by atoms with E-state index in [9.17, 15) is 18.4 Å². The Balaban J connectivity index is 1.19. The quantitative estimate of drug-likeness (QED) is 0.299. The highest BCUT2D eigenvalue weighted by Crippen LogP contribution is 2.30. The van der Waals surface area contributed by atoms with Crippen molar-refractivity contribution in [3.8, 4) is 5.82 Å². The van der Waals surface area contributed by atoms with Crippen LogP contribution < -0.4 is 16.0 Å². The fourth-order valence-corrected chi connectivity index (χ4v) is 5.68. The van der Waals surface area contributed by atoms with E-state index >= 15 is 0 Å². The first-order chi connectivity index (χ1) is 21.4. The molecule has 14 heteroatoms. The van der Waals surface area contributed by atoms with Gasteiger partial charge in [-0.15, -0.1) is 0 Å². The third-order valence-electron chi connectivity index (χ3n) is 7.85. The number of nitrogens with one attached hydrogen (secondary N) is 1. The molecule has 2 aliphatic rings. The molecule has 0 aliphatic carbocycles. The Morgan fingerprint density at radius 3 is 2.52 bits per heavy atom. The monoisotopic (exact) mass is 602 g/mol. The molecule has 0 bridgehead atoms. The van der Waals surface area contributed by atoms with Crippen LogP contribution in [0.15, 0.2) is 59.0 Å². The van der Waals surface area contributed by atoms with Crippen LogP contribution in [0.4, 0.5) is 14.6 Å². The van der Waals surface area contributed by atoms with Gasteiger partial charge in [-0.2, -0.15) is 0 Å². The van der Waals surface area contributed by atoms with Crippen molar-refractivity contribution in [3.05, 3.63) is 77.6 Å². The van der Waals surface area contributed by atoms with Crippen LogP contribution in [-0.4, -0.2) is 82.1 Å². The average molecular weight is 603 g/mol. The number of piperazine rings is 1. The fourth-order valence-electron chi connectivity index (χ4n) is 5.68. The van der Waals surface area contributed by atoms with Crippen LogP contribution >= 0.6 is 0 Å². The van der Waals surface area contributed by atoms with Crippen LogP contribution in [0.2, 0.25) is 0 Å². The summed E-state index contributed by atoms with van der Waals surface area (Å²) in [6.07, 6.45) is -3.29. The highest BCUT2D eigenvalue weighted by atomic mass is 19.3. The Labute approximate surface area is 249 Å². The number of amides is 2. The zero-order chi connectivity index (χ0) is 30.4. The number of primary amides is 1. The van der Waals surface area contributed by atoms with Gasteiger partial charge in [0.2, 0.25) is 0 Å². The van der Waals surface area contributed by atoms with E-state index in [4.69, 9.17) is 19.9 Å². The van der Waals surface area contributed by atoms with Gasteiger partial charge in [-0.1, -0.05) is 24.3 Å². The summed E-state index contributed by atoms with van der Waals surface area (Å²) in [5.41, 5.74) is 6.88. The number of aromatic nitrogens is 4. The Kier molecular flexibility index (Phi) is 7.14. The normalized spacial score (nSPS) is 17.6. The third kappa shape index (κ3) is 5.01. The summed E-state index contributed by atoms with van der Waals surface area (Å²) in [5.74, 6) is -0.0945. The van der Waals surface area contributed by atoms with Crippen LogP contribution in [0.25, 0.3) is 27.8 Å². The van der Waals surface area contributed by atoms with Crippen LogP contribution in [0, 0.1) is 0 Å². The van der Waals surface area contributed by atoms with Gasteiger partial charge in [-0.05, 0) is 24.3 Å². The zero-order valence-corrected chi connectivity index (χ0v) is 23.5. The minimum Gasteiger partial charge on any atom is -0.450 e. The fraction of sp³-hybridized carbons (Fsp3) is 0.300. The topological polar surface area (TPSA) is 145 Å². The molecular formula is C30H28F2N8O4. The van der Waals surface area contributed by atoms with Gasteiger partial charge < -0.3 is 30.0 Å². The van der Waals surface area contributed by atoms with Crippen LogP contribution in [0.5, 0.6) is 0 Å². The largest absolute Gasteiger partial charge is 0.450 e. The average Bonchev–Trinajstić information content (AvgIpc) is 3.67. The second kappa shape index (κ2) is 11.3. The molecule has 44 heavy (non-hydrogen) atoms. The Bertz CT molecular complexity index is 1880. The van der Waals surface area contributed by atoms with E-state index in [0.29, 0.717) is 73.9 Å². The maximum absolute atomic E-state index is 14.2. The number of para-hydroxylation sites is 3. The van der Waals surface area contributed by atoms with Gasteiger partial charge in [0.25, 0.3) is 18.2 Å². The zero-order valence-electron chi connectivity index (χ0n) is 23.5. The summed E-state index contributed by atoms with van der Waals surface area (Å²) in [5, 5.41) is 3.87. The number of carbonyl (C=O) groups is 2. The SMILES string of the molecule is NC(=O)c1cccc2cc(C(=O)N3CCN(c4cc(-n5c(C(F)F)nc6ccccc65)nc(C5CNCCO5)n4)CC3)oc12. The number of benzene rings is 2. The van der Waals surface area contributed by atoms with Crippen LogP contribution in [0.3, 0.4) is 0 Å². The predicted octanol–water partition coefficient (Wildman–Crippen LogP) is 3.22. The number of imidazole rings is 1. The molecule has 226 valence electrons. The number of carbonyl (C=O) groups excluding carboxylic acids is 2. The van der Waals surface area contributed by atoms with Crippen molar-refractivity contribution in [2.24, 2.45) is 5.73 Å². The number of morpholine rings is 1. The van der Waals surface area contributed by atoms with E-state index in [1.54, 1.807) is 59.5 Å². The van der Waals surface area contributed by atoms with Crippen molar-refractivity contribution in [2.45, 2.75) is 12.5 Å². The van der Waals surface area contributed by atoms with E-state index < -0.39 is 24.3 Å². The van der Waals surface area contributed by atoms with Gasteiger partial charge in [0.1, 0.15) is 23.3 Å². The van der Waals surface area contributed by atoms with Crippen molar-refractivity contribution in [1.29, 1.82) is 0 Å². The lowest BCUT2D eigenvalue weighted by Crippen LogP contribution is -2.49. The van der Waals surface area contributed by atoms with E-state index in [1.807, 2.05) is 4.90 Å². The molecule has 2 fully saturated rings. The molecule has 5 aromatic rings. The lowest BCUT2D eigenvalue weighted by atomic mass is 10.1. The number of hydrogen-bond donors (Lipinski definition) is 2. The Morgan fingerprint density at radius 1 is 0.977 bits per heavy atom. The highest BCUT2D eigenvalue weighted by Gasteiger charge is 2.29. The standard InChI is InChI=1S/C30H28F2N8O4/c31-26(32)29-35-19-6-1-2-7-20(19)40(29)24-15-23(36-28(37-24)22-16-34-8-13-43-22)38-9-11-39(12-10-38)30(42)21-14-17-4-3-5-18(27(33)41)25(17)44-21/h1-7,14-15,22,26,34H,8-13,16H2,(H2,33,41). The molecule has 5 heterocycles. The number of furan rings is 1. The van der Waals surface area contributed by atoms with Crippen LogP contribution in [-0.2, 0) is 4.74 Å². The smallest absolute Gasteiger partial charge is 0.296 e. The summed E-state index contributed by atoms with van der Waals surface area (Å²) in [4.78, 5) is 42.5. The summed E-state index contributed by atoms with van der Waals surface area (Å²) >= 11 is 0. The van der Waals surface area contributed by atoms with Crippen molar-refractivity contribution in [2.75, 3.05) is 50.8 Å². The molecule has 12 nitrogen and oxygen atoms in total. The molecule has 3 aromatic heterocycles. The lowest BCUT2D eigenvalue weighted by molar-refractivity contribution is 0.0221. The second-order valence-corrected chi connectivity index (χ2v) is 10.6. The Hall–Kier alpha value is -4.95. The molecule has 2 aromatic carbocycles. The van der Waals surface area contributed by atoms with Gasteiger partial charge in [0.05, 0.1) is 23.2 Å². The van der Waals surface area contributed by atoms with E-state index in [0.717, 1.165) is 0 Å². The molecule has 0 spiro atoms. The van der Waals surface area contributed by atoms with Crippen molar-refractivity contribution in [1.82, 2.24) is 29.7 Å². The maximum atomic E-state index is 14.2. The summed E-state index contributed by atoms with van der Waals surface area (Å²) in [6, 6.07) is 15.2. The summed E-state index contributed by atoms with van der Waals surface area (Å²) in [7, 11) is 0. The van der Waals surface area contributed by atoms with Gasteiger partial charge in [0.15, 0.2) is 17.4 Å². The molecule has 1 unspecified atom stereocenters. The Morgan fingerprint density at radius 2 is 1.77 bits per heavy atom. The van der Waals surface area contributed by atoms with Gasteiger partial charge in [-0.3, -0.25) is 14.2 Å². The molecule has 3 N–H and O–H groups in total. The number of alkyl halides is 2. The number of nitrogens with zero attached hydrogens (tertiary/aromatic N) is 6. The van der Waals surface area contributed by atoms with E-state index in [-0.39, 0.29) is 28.6 Å². The number of fused-ring (bicyclic) bond motifs is 2. The summed E-state index contributed by atoms with van der Waals surface area (Å²) < 4.78 is 41.5. The van der Waals surface area contributed by atoms with Crippen molar-refractivity contribution in [3.63, 3.8) is 0 Å². The molecule has 2 aliphatic heterocycles. The number of hydrogen-bond acceptors (Lipinski definition) is 9. The molecular weight excluding hydrogens is 574 g/mol. The number of halogens is 2. The predicted molar refractivity (Wildman–Crippen MR) is 156 cm³/mol. The maximum Gasteiger partial charge on any atom is 0.296 e. The second-order valence-electron chi connectivity index (χ2n) is 10.6. The number of nitrogens with two attached hydrogens (primary N) is 1. The molecule has 2 saturated heterocycles. The first-order valence-electron chi connectivity index (χ1n) is 14.2. The third-order valence-corrected chi connectivity index (χ3v) is 7.85. The molecule has 2 amide bonds. The van der Waals surface area contributed by atoms with Gasteiger partial charge in [-0.25, -0.2) is 23.7 Å². The lowest BCUT2D eigenvalue weighted by Gasteiger charge is -2.35. The van der Waals surface area contributed by atoms with Gasteiger partial charge in [0, 0.05) is 50.7 Å². The van der Waals surface area contributed by atoms with Gasteiger partial charge >= 0.3 is 0 Å². The first-order valence-corrected chi connectivity index (χ1v) is 14.2. The molecule has 0 saturated carbocycles. The highest BCUT2D eigenvalue weighted by molar-refractivity contribution is 6.06. The van der Waals surface area contributed by atoms with Crippen LogP contribution in [0.1, 0.15) is 45.1 Å².